The second kappa shape index (κ2) is 11.9. The van der Waals surface area contributed by atoms with Crippen LogP contribution in [0.25, 0.3) is 0 Å². The van der Waals surface area contributed by atoms with E-state index in [2.05, 4.69) is 0 Å². The summed E-state index contributed by atoms with van der Waals surface area (Å²) in [5, 5.41) is 23.7. The monoisotopic (exact) mass is 236 g/mol. The number of aliphatic hydroxyl groups is 2. The summed E-state index contributed by atoms with van der Waals surface area (Å²) in [7, 11) is 0. The lowest BCUT2D eigenvalue weighted by Crippen LogP contribution is -2.20. The number of ether oxygens (including phenoxy) is 1. The van der Waals surface area contributed by atoms with Gasteiger partial charge in [-0.2, -0.15) is 0 Å². The molecule has 0 spiro atoms. The van der Waals surface area contributed by atoms with Crippen LogP contribution in [0.3, 0.4) is 0 Å². The number of hydrogen-bond donors (Lipinski definition) is 3. The van der Waals surface area contributed by atoms with Crippen LogP contribution >= 0.6 is 0 Å². The number of carbonyl (C=O) groups excluding carboxylic acids is 1. The van der Waals surface area contributed by atoms with Gasteiger partial charge in [-0.15, -0.1) is 0 Å². The molecular weight excluding hydrogens is 216 g/mol. The summed E-state index contributed by atoms with van der Waals surface area (Å²) in [5.74, 6) is -1.88. The molecule has 1 unspecified atom stereocenters. The van der Waals surface area contributed by atoms with Crippen LogP contribution in [0.1, 0.15) is 26.7 Å². The summed E-state index contributed by atoms with van der Waals surface area (Å²) in [4.78, 5) is 21.3. The average Bonchev–Trinajstić information content (AvgIpc) is 2.26. The zero-order chi connectivity index (χ0) is 13.0. The molecule has 0 bridgehead atoms. The molecule has 0 aliphatic rings. The predicted octanol–water partition coefficient (Wildman–Crippen LogP) is 0.0214. The van der Waals surface area contributed by atoms with Gasteiger partial charge in [0.15, 0.2) is 0 Å². The number of carbonyl (C=O) groups is 2. The molecule has 0 saturated heterocycles. The van der Waals surface area contributed by atoms with Crippen LogP contribution in [0.2, 0.25) is 0 Å². The smallest absolute Gasteiger partial charge is 0.309 e. The third kappa shape index (κ3) is 10.9. The minimum atomic E-state index is -0.963. The van der Waals surface area contributed by atoms with E-state index in [1.165, 1.54) is 0 Å². The van der Waals surface area contributed by atoms with Crippen molar-refractivity contribution in [1.82, 2.24) is 0 Å². The van der Waals surface area contributed by atoms with Gasteiger partial charge in [-0.1, -0.05) is 6.92 Å². The Kier molecular flexibility index (Phi) is 12.9. The molecule has 0 aromatic heterocycles. The Bertz CT molecular complexity index is 190. The van der Waals surface area contributed by atoms with Gasteiger partial charge < -0.3 is 20.1 Å². The molecule has 1 atom stereocenters. The molecule has 0 heterocycles. The van der Waals surface area contributed by atoms with Gasteiger partial charge in [0.2, 0.25) is 0 Å². The Hall–Kier alpha value is -1.14. The fraction of sp³-hybridized carbons (Fsp3) is 0.800. The highest BCUT2D eigenvalue weighted by atomic mass is 16.5. The van der Waals surface area contributed by atoms with Crippen molar-refractivity contribution in [2.24, 2.45) is 5.92 Å². The molecule has 0 saturated carbocycles. The Balaban J connectivity index is 0. The number of carboxylic acids is 1. The van der Waals surface area contributed by atoms with Gasteiger partial charge in [0.1, 0.15) is 0 Å². The third-order valence-corrected chi connectivity index (χ3v) is 1.63. The molecule has 0 aliphatic carbocycles. The van der Waals surface area contributed by atoms with Crippen LogP contribution in [-0.2, 0) is 14.3 Å². The molecule has 3 N–H and O–H groups in total. The first-order valence-electron chi connectivity index (χ1n) is 5.13. The highest BCUT2D eigenvalue weighted by Gasteiger charge is 2.20. The first-order valence-corrected chi connectivity index (χ1v) is 5.13. The van der Waals surface area contributed by atoms with Crippen molar-refractivity contribution in [3.05, 3.63) is 0 Å². The maximum absolute atomic E-state index is 11.0. The lowest BCUT2D eigenvalue weighted by atomic mass is 10.0. The highest BCUT2D eigenvalue weighted by Crippen LogP contribution is 2.10. The first kappa shape index (κ1) is 17.3. The van der Waals surface area contributed by atoms with E-state index in [4.69, 9.17) is 20.1 Å². The van der Waals surface area contributed by atoms with Crippen molar-refractivity contribution in [2.75, 3.05) is 19.8 Å². The zero-order valence-corrected chi connectivity index (χ0v) is 9.68. The van der Waals surface area contributed by atoms with E-state index in [1.54, 1.807) is 13.8 Å². The summed E-state index contributed by atoms with van der Waals surface area (Å²) in [5.41, 5.74) is 0. The number of aliphatic hydroxyl groups excluding tert-OH is 2. The summed E-state index contributed by atoms with van der Waals surface area (Å²) in [6.45, 7) is 3.52. The summed E-state index contributed by atoms with van der Waals surface area (Å²) in [6, 6.07) is 0. The first-order chi connectivity index (χ1) is 7.53. The molecule has 0 rings (SSSR count). The molecule has 96 valence electrons. The summed E-state index contributed by atoms with van der Waals surface area (Å²) >= 11 is 0. The van der Waals surface area contributed by atoms with Crippen LogP contribution in [0.15, 0.2) is 0 Å². The van der Waals surface area contributed by atoms with Gasteiger partial charge in [-0.05, 0) is 13.3 Å². The third-order valence-electron chi connectivity index (χ3n) is 1.63. The SMILES string of the molecule is CCOC(=O)C(CC)CC(=O)O.OCCO. The molecule has 0 aromatic rings. The molecule has 0 aromatic carbocycles. The van der Waals surface area contributed by atoms with E-state index in [9.17, 15) is 9.59 Å². The standard InChI is InChI=1S/C8H14O4.C2H6O2/c1-3-6(5-7(9)10)8(11)12-4-2;3-1-2-4/h6H,3-5H2,1-2H3,(H,9,10);3-4H,1-2H2. The van der Waals surface area contributed by atoms with Crippen LogP contribution in [-0.4, -0.2) is 47.1 Å². The van der Waals surface area contributed by atoms with Gasteiger partial charge >= 0.3 is 11.9 Å². The maximum Gasteiger partial charge on any atom is 0.309 e. The number of carboxylic acid groups (broad SMARTS) is 1. The summed E-state index contributed by atoms with van der Waals surface area (Å²) < 4.78 is 4.69. The van der Waals surface area contributed by atoms with Crippen molar-refractivity contribution < 1.29 is 29.6 Å². The van der Waals surface area contributed by atoms with E-state index in [1.807, 2.05) is 0 Å². The van der Waals surface area contributed by atoms with Crippen LogP contribution in [0, 0.1) is 5.92 Å². The second-order valence-corrected chi connectivity index (χ2v) is 2.90. The van der Waals surface area contributed by atoms with E-state index in [-0.39, 0.29) is 19.6 Å². The van der Waals surface area contributed by atoms with E-state index >= 15 is 0 Å². The fourth-order valence-corrected chi connectivity index (χ4v) is 0.865. The number of hydrogen-bond acceptors (Lipinski definition) is 5. The minimum Gasteiger partial charge on any atom is -0.481 e. The Morgan fingerprint density at radius 3 is 1.94 bits per heavy atom. The largest absolute Gasteiger partial charge is 0.481 e. The van der Waals surface area contributed by atoms with Crippen molar-refractivity contribution in [1.29, 1.82) is 0 Å². The molecule has 0 aliphatic heterocycles. The van der Waals surface area contributed by atoms with E-state index in [0.29, 0.717) is 13.0 Å². The van der Waals surface area contributed by atoms with E-state index < -0.39 is 17.9 Å². The van der Waals surface area contributed by atoms with E-state index in [0.717, 1.165) is 0 Å². The summed E-state index contributed by atoms with van der Waals surface area (Å²) in [6.07, 6.45) is 0.362. The van der Waals surface area contributed by atoms with Crippen LogP contribution < -0.4 is 0 Å². The number of esters is 1. The lowest BCUT2D eigenvalue weighted by Gasteiger charge is -2.09. The molecule has 0 fully saturated rings. The molecule has 16 heavy (non-hydrogen) atoms. The number of aliphatic carboxylic acids is 1. The van der Waals surface area contributed by atoms with Crippen molar-refractivity contribution in [3.8, 4) is 0 Å². The van der Waals surface area contributed by atoms with Gasteiger partial charge in [-0.25, -0.2) is 0 Å². The van der Waals surface area contributed by atoms with Gasteiger partial charge in [-0.3, -0.25) is 9.59 Å². The molecule has 6 heteroatoms. The van der Waals surface area contributed by atoms with Gasteiger partial charge in [0.05, 0.1) is 32.2 Å². The van der Waals surface area contributed by atoms with Crippen molar-refractivity contribution in [3.63, 3.8) is 0 Å². The number of rotatable bonds is 6. The molecular formula is C10H20O6. The molecule has 0 radical (unpaired) electrons. The van der Waals surface area contributed by atoms with Crippen molar-refractivity contribution in [2.45, 2.75) is 26.7 Å². The Labute approximate surface area is 94.8 Å². The topological polar surface area (TPSA) is 104 Å². The highest BCUT2D eigenvalue weighted by molar-refractivity contribution is 5.78. The Morgan fingerprint density at radius 2 is 1.69 bits per heavy atom. The normalized spacial score (nSPS) is 11.0. The molecule has 6 nitrogen and oxygen atoms in total. The zero-order valence-electron chi connectivity index (χ0n) is 9.68. The van der Waals surface area contributed by atoms with Gasteiger partial charge in [0, 0.05) is 0 Å². The van der Waals surface area contributed by atoms with Crippen LogP contribution in [0.5, 0.6) is 0 Å². The molecule has 0 amide bonds. The Morgan fingerprint density at radius 1 is 1.19 bits per heavy atom. The quantitative estimate of drug-likeness (QED) is 0.562. The van der Waals surface area contributed by atoms with Gasteiger partial charge in [0.25, 0.3) is 0 Å². The second-order valence-electron chi connectivity index (χ2n) is 2.90. The lowest BCUT2D eigenvalue weighted by molar-refractivity contribution is -0.152. The van der Waals surface area contributed by atoms with Crippen LogP contribution in [0.4, 0.5) is 0 Å². The maximum atomic E-state index is 11.0. The minimum absolute atomic E-state index is 0.125. The fourth-order valence-electron chi connectivity index (χ4n) is 0.865. The predicted molar refractivity (Wildman–Crippen MR) is 56.8 cm³/mol. The average molecular weight is 236 g/mol. The van der Waals surface area contributed by atoms with Crippen molar-refractivity contribution >= 4 is 11.9 Å².